The molecular formula is C16H19N3OS. The third kappa shape index (κ3) is 5.39. The van der Waals surface area contributed by atoms with Gasteiger partial charge in [-0.2, -0.15) is 0 Å². The van der Waals surface area contributed by atoms with Gasteiger partial charge in [0.2, 0.25) is 0 Å². The van der Waals surface area contributed by atoms with E-state index in [0.29, 0.717) is 18.3 Å². The van der Waals surface area contributed by atoms with Crippen LogP contribution in [0.4, 0.5) is 5.82 Å². The maximum absolute atomic E-state index is 5.62. The standard InChI is InChI=1S/C16H19N3OS/c1-12-3-5-14(6-4-12)20-10-9-18-16(21)19-15-11-13(2)7-8-17-15/h3-8,11H,9-10H2,1-2H3,(H2,17,18,19,21). The smallest absolute Gasteiger partial charge is 0.172 e. The van der Waals surface area contributed by atoms with Crippen molar-refractivity contribution in [2.24, 2.45) is 0 Å². The van der Waals surface area contributed by atoms with Crippen molar-refractivity contribution in [3.05, 3.63) is 53.7 Å². The Labute approximate surface area is 130 Å². The topological polar surface area (TPSA) is 46.2 Å². The Kier molecular flexibility index (Phi) is 5.51. The molecule has 0 spiro atoms. The number of thiocarbonyl (C=S) groups is 1. The lowest BCUT2D eigenvalue weighted by Crippen LogP contribution is -2.32. The van der Waals surface area contributed by atoms with Crippen molar-refractivity contribution in [1.29, 1.82) is 0 Å². The van der Waals surface area contributed by atoms with Gasteiger partial charge >= 0.3 is 0 Å². The van der Waals surface area contributed by atoms with Crippen LogP contribution in [0, 0.1) is 13.8 Å². The first-order chi connectivity index (χ1) is 10.1. The van der Waals surface area contributed by atoms with E-state index in [0.717, 1.165) is 17.1 Å². The average Bonchev–Trinajstić information content (AvgIpc) is 2.45. The molecule has 1 heterocycles. The molecule has 0 unspecified atom stereocenters. The molecule has 0 aliphatic heterocycles. The second kappa shape index (κ2) is 7.59. The number of aryl methyl sites for hydroxylation is 2. The van der Waals surface area contributed by atoms with Gasteiger partial charge in [-0.05, 0) is 55.9 Å². The number of aromatic nitrogens is 1. The van der Waals surface area contributed by atoms with Crippen LogP contribution in [0.2, 0.25) is 0 Å². The van der Waals surface area contributed by atoms with E-state index in [1.165, 1.54) is 5.56 Å². The van der Waals surface area contributed by atoms with Gasteiger partial charge in [0.15, 0.2) is 5.11 Å². The van der Waals surface area contributed by atoms with Crippen molar-refractivity contribution in [3.63, 3.8) is 0 Å². The number of hydrogen-bond acceptors (Lipinski definition) is 3. The van der Waals surface area contributed by atoms with Gasteiger partial charge in [0.1, 0.15) is 18.2 Å². The predicted molar refractivity (Wildman–Crippen MR) is 89.9 cm³/mol. The molecule has 2 aromatic rings. The predicted octanol–water partition coefficient (Wildman–Crippen LogP) is 3.06. The molecule has 5 heteroatoms. The first-order valence-corrected chi connectivity index (χ1v) is 7.21. The number of ether oxygens (including phenoxy) is 1. The number of nitrogens with one attached hydrogen (secondary N) is 2. The van der Waals surface area contributed by atoms with Gasteiger partial charge in [-0.3, -0.25) is 0 Å². The summed E-state index contributed by atoms with van der Waals surface area (Å²) >= 11 is 5.21. The summed E-state index contributed by atoms with van der Waals surface area (Å²) in [6.45, 7) is 5.24. The van der Waals surface area contributed by atoms with Crippen molar-refractivity contribution < 1.29 is 4.74 Å². The molecule has 1 aromatic heterocycles. The van der Waals surface area contributed by atoms with Crippen LogP contribution in [-0.4, -0.2) is 23.2 Å². The van der Waals surface area contributed by atoms with Crippen molar-refractivity contribution in [3.8, 4) is 5.75 Å². The Morgan fingerprint density at radius 1 is 1.14 bits per heavy atom. The van der Waals surface area contributed by atoms with Crippen molar-refractivity contribution in [2.45, 2.75) is 13.8 Å². The molecule has 21 heavy (non-hydrogen) atoms. The van der Waals surface area contributed by atoms with E-state index in [1.807, 2.05) is 43.3 Å². The summed E-state index contributed by atoms with van der Waals surface area (Å²) in [5, 5.41) is 6.67. The molecule has 0 saturated heterocycles. The third-order valence-electron chi connectivity index (χ3n) is 2.83. The van der Waals surface area contributed by atoms with E-state index in [4.69, 9.17) is 17.0 Å². The quantitative estimate of drug-likeness (QED) is 0.656. The minimum atomic E-state index is 0.542. The molecule has 2 N–H and O–H groups in total. The van der Waals surface area contributed by atoms with Gasteiger partial charge in [-0.15, -0.1) is 0 Å². The molecule has 0 atom stereocenters. The van der Waals surface area contributed by atoms with Crippen molar-refractivity contribution >= 4 is 23.1 Å². The van der Waals surface area contributed by atoms with E-state index in [9.17, 15) is 0 Å². The fourth-order valence-electron chi connectivity index (χ4n) is 1.73. The van der Waals surface area contributed by atoms with E-state index in [1.54, 1.807) is 6.20 Å². The van der Waals surface area contributed by atoms with E-state index >= 15 is 0 Å². The van der Waals surface area contributed by atoms with Crippen LogP contribution in [0.25, 0.3) is 0 Å². The van der Waals surface area contributed by atoms with Crippen LogP contribution in [0.3, 0.4) is 0 Å². The summed E-state index contributed by atoms with van der Waals surface area (Å²) in [7, 11) is 0. The summed E-state index contributed by atoms with van der Waals surface area (Å²) in [5.74, 6) is 1.61. The summed E-state index contributed by atoms with van der Waals surface area (Å²) in [6, 6.07) is 11.9. The molecular weight excluding hydrogens is 282 g/mol. The molecule has 1 aromatic carbocycles. The lowest BCUT2D eigenvalue weighted by Gasteiger charge is -2.11. The van der Waals surface area contributed by atoms with E-state index in [2.05, 4.69) is 22.5 Å². The molecule has 0 saturated carbocycles. The average molecular weight is 301 g/mol. The molecule has 2 rings (SSSR count). The summed E-state index contributed by atoms with van der Waals surface area (Å²) in [5.41, 5.74) is 2.36. The summed E-state index contributed by atoms with van der Waals surface area (Å²) in [6.07, 6.45) is 1.75. The minimum Gasteiger partial charge on any atom is -0.492 e. The monoisotopic (exact) mass is 301 g/mol. The maximum atomic E-state index is 5.62. The molecule has 0 radical (unpaired) electrons. The second-order valence-electron chi connectivity index (χ2n) is 4.76. The lowest BCUT2D eigenvalue weighted by atomic mass is 10.2. The molecule has 0 amide bonds. The van der Waals surface area contributed by atoms with Gasteiger partial charge in [-0.1, -0.05) is 17.7 Å². The van der Waals surface area contributed by atoms with Gasteiger partial charge < -0.3 is 15.4 Å². The van der Waals surface area contributed by atoms with Crippen LogP contribution >= 0.6 is 12.2 Å². The highest BCUT2D eigenvalue weighted by atomic mass is 32.1. The number of rotatable bonds is 5. The number of pyridine rings is 1. The van der Waals surface area contributed by atoms with Gasteiger partial charge in [0.05, 0.1) is 6.54 Å². The fraction of sp³-hybridized carbons (Fsp3) is 0.250. The van der Waals surface area contributed by atoms with Crippen LogP contribution in [-0.2, 0) is 0 Å². The Hall–Kier alpha value is -2.14. The highest BCUT2D eigenvalue weighted by molar-refractivity contribution is 7.80. The first kappa shape index (κ1) is 15.3. The zero-order valence-electron chi connectivity index (χ0n) is 12.2. The maximum Gasteiger partial charge on any atom is 0.172 e. The molecule has 0 aliphatic carbocycles. The second-order valence-corrected chi connectivity index (χ2v) is 5.17. The van der Waals surface area contributed by atoms with Gasteiger partial charge in [0.25, 0.3) is 0 Å². The zero-order chi connectivity index (χ0) is 15.1. The minimum absolute atomic E-state index is 0.542. The number of benzene rings is 1. The van der Waals surface area contributed by atoms with E-state index in [-0.39, 0.29) is 0 Å². The summed E-state index contributed by atoms with van der Waals surface area (Å²) in [4.78, 5) is 4.19. The fourth-order valence-corrected chi connectivity index (χ4v) is 1.94. The molecule has 0 fully saturated rings. The first-order valence-electron chi connectivity index (χ1n) is 6.80. The summed E-state index contributed by atoms with van der Waals surface area (Å²) < 4.78 is 5.62. The number of hydrogen-bond donors (Lipinski definition) is 2. The normalized spacial score (nSPS) is 10.0. The van der Waals surface area contributed by atoms with Gasteiger partial charge in [-0.25, -0.2) is 4.98 Å². The zero-order valence-corrected chi connectivity index (χ0v) is 13.0. The highest BCUT2D eigenvalue weighted by Crippen LogP contribution is 2.10. The van der Waals surface area contributed by atoms with E-state index < -0.39 is 0 Å². The Balaban J connectivity index is 1.68. The van der Waals surface area contributed by atoms with Crippen LogP contribution in [0.1, 0.15) is 11.1 Å². The number of anilines is 1. The highest BCUT2D eigenvalue weighted by Gasteiger charge is 1.99. The van der Waals surface area contributed by atoms with Gasteiger partial charge in [0, 0.05) is 6.20 Å². The third-order valence-corrected chi connectivity index (χ3v) is 3.08. The Morgan fingerprint density at radius 3 is 2.62 bits per heavy atom. The van der Waals surface area contributed by atoms with Crippen LogP contribution in [0.15, 0.2) is 42.6 Å². The Morgan fingerprint density at radius 2 is 1.90 bits per heavy atom. The Bertz CT molecular complexity index is 599. The van der Waals surface area contributed by atoms with Crippen molar-refractivity contribution in [1.82, 2.24) is 10.3 Å². The van der Waals surface area contributed by atoms with Crippen LogP contribution < -0.4 is 15.4 Å². The molecule has 110 valence electrons. The largest absolute Gasteiger partial charge is 0.492 e. The molecule has 0 aliphatic rings. The molecule has 4 nitrogen and oxygen atoms in total. The lowest BCUT2D eigenvalue weighted by molar-refractivity contribution is 0.322. The van der Waals surface area contributed by atoms with Crippen molar-refractivity contribution in [2.75, 3.05) is 18.5 Å². The SMILES string of the molecule is Cc1ccc(OCCNC(=S)Nc2cc(C)ccn2)cc1. The number of nitrogens with zero attached hydrogens (tertiary/aromatic N) is 1. The van der Waals surface area contributed by atoms with Crippen LogP contribution in [0.5, 0.6) is 5.75 Å². The molecule has 0 bridgehead atoms.